The largest absolute Gasteiger partial charge is 0.348 e. The fourth-order valence-electron chi connectivity index (χ4n) is 2.80. The van der Waals surface area contributed by atoms with E-state index in [2.05, 4.69) is 10.3 Å². The Balaban J connectivity index is 1.76. The van der Waals surface area contributed by atoms with Gasteiger partial charge in [-0.15, -0.1) is 0 Å². The van der Waals surface area contributed by atoms with Crippen molar-refractivity contribution in [2.24, 2.45) is 0 Å². The zero-order valence-electron chi connectivity index (χ0n) is 13.8. The van der Waals surface area contributed by atoms with E-state index >= 15 is 0 Å². The molecule has 1 fully saturated rings. The summed E-state index contributed by atoms with van der Waals surface area (Å²) in [7, 11) is -7.12. The number of hydrogen-bond donors (Lipinski definition) is 1. The van der Waals surface area contributed by atoms with Crippen LogP contribution in [0.5, 0.6) is 0 Å². The average Bonchev–Trinajstić information content (AvgIpc) is 3.01. The third kappa shape index (κ3) is 4.10. The highest BCUT2D eigenvalue weighted by atomic mass is 32.2. The molecule has 2 heterocycles. The van der Waals surface area contributed by atoms with Crippen molar-refractivity contribution in [1.82, 2.24) is 10.3 Å². The number of pyridine rings is 1. The predicted octanol–water partition coefficient (Wildman–Crippen LogP) is 0.972. The molecular formula is C17H18N2O5S2. The van der Waals surface area contributed by atoms with Crippen LogP contribution in [0.4, 0.5) is 0 Å². The third-order valence-corrected chi connectivity index (χ3v) is 8.43. The van der Waals surface area contributed by atoms with Crippen molar-refractivity contribution in [2.45, 2.75) is 23.1 Å². The standard InChI is InChI=1S/C17H18N2O5S2/c20-17(19-11-13-4-7-18-8-5-13)14-2-1-3-15(10-14)26(23,24)16-6-9-25(21,22)12-16/h1-5,7-8,10,16H,6,9,11-12H2,(H,19,20). The van der Waals surface area contributed by atoms with Gasteiger partial charge in [-0.05, 0) is 42.3 Å². The second-order valence-electron chi connectivity index (χ2n) is 6.14. The first-order valence-electron chi connectivity index (χ1n) is 7.99. The number of carbonyl (C=O) groups excluding carboxylic acids is 1. The molecule has 0 saturated carbocycles. The molecule has 1 aromatic heterocycles. The Bertz CT molecular complexity index is 1020. The van der Waals surface area contributed by atoms with Crippen molar-refractivity contribution >= 4 is 25.6 Å². The van der Waals surface area contributed by atoms with E-state index in [-0.39, 0.29) is 28.4 Å². The summed E-state index contributed by atoms with van der Waals surface area (Å²) in [5.74, 6) is -0.894. The summed E-state index contributed by atoms with van der Waals surface area (Å²) in [5, 5.41) is 1.76. The monoisotopic (exact) mass is 394 g/mol. The number of amides is 1. The normalized spacial score (nSPS) is 19.2. The molecular weight excluding hydrogens is 376 g/mol. The average molecular weight is 394 g/mol. The minimum Gasteiger partial charge on any atom is -0.348 e. The van der Waals surface area contributed by atoms with Crippen molar-refractivity contribution in [2.75, 3.05) is 11.5 Å². The summed E-state index contributed by atoms with van der Waals surface area (Å²) in [5.41, 5.74) is 1.08. The molecule has 26 heavy (non-hydrogen) atoms. The molecule has 9 heteroatoms. The molecule has 1 amide bonds. The van der Waals surface area contributed by atoms with Crippen LogP contribution in [0.25, 0.3) is 0 Å². The first kappa shape index (κ1) is 18.5. The predicted molar refractivity (Wildman–Crippen MR) is 96.1 cm³/mol. The maximum Gasteiger partial charge on any atom is 0.251 e. The Hall–Kier alpha value is -2.26. The molecule has 1 atom stereocenters. The zero-order chi connectivity index (χ0) is 18.8. The molecule has 138 valence electrons. The lowest BCUT2D eigenvalue weighted by molar-refractivity contribution is 0.0950. The van der Waals surface area contributed by atoms with Crippen LogP contribution in [0.1, 0.15) is 22.3 Å². The molecule has 1 aromatic carbocycles. The van der Waals surface area contributed by atoms with Crippen LogP contribution in [-0.2, 0) is 26.2 Å². The maximum absolute atomic E-state index is 12.7. The van der Waals surface area contributed by atoms with E-state index in [1.807, 2.05) is 0 Å². The lowest BCUT2D eigenvalue weighted by Crippen LogP contribution is -2.25. The lowest BCUT2D eigenvalue weighted by atomic mass is 10.2. The molecule has 1 aliphatic heterocycles. The van der Waals surface area contributed by atoms with E-state index in [1.54, 1.807) is 24.5 Å². The van der Waals surface area contributed by atoms with E-state index in [0.717, 1.165) is 5.56 Å². The number of aromatic nitrogens is 1. The van der Waals surface area contributed by atoms with Gasteiger partial charge in [0.1, 0.15) is 0 Å². The first-order chi connectivity index (χ1) is 12.3. The van der Waals surface area contributed by atoms with Gasteiger partial charge >= 0.3 is 0 Å². The van der Waals surface area contributed by atoms with Gasteiger partial charge in [-0.1, -0.05) is 6.07 Å². The minimum atomic E-state index is -3.80. The number of nitrogens with zero attached hydrogens (tertiary/aromatic N) is 1. The minimum absolute atomic E-state index is 0.0313. The quantitative estimate of drug-likeness (QED) is 0.809. The molecule has 1 N–H and O–H groups in total. The van der Waals surface area contributed by atoms with Crippen LogP contribution < -0.4 is 5.32 Å². The fraction of sp³-hybridized carbons (Fsp3) is 0.294. The van der Waals surface area contributed by atoms with Crippen LogP contribution in [0.15, 0.2) is 53.7 Å². The Morgan fingerprint density at radius 3 is 2.58 bits per heavy atom. The Kier molecular flexibility index (Phi) is 5.10. The molecule has 1 unspecified atom stereocenters. The van der Waals surface area contributed by atoms with E-state index < -0.39 is 30.8 Å². The van der Waals surface area contributed by atoms with Gasteiger partial charge in [0.05, 0.1) is 21.7 Å². The van der Waals surface area contributed by atoms with Crippen LogP contribution in [0.3, 0.4) is 0 Å². The summed E-state index contributed by atoms with van der Waals surface area (Å²) in [4.78, 5) is 16.2. The van der Waals surface area contributed by atoms with Crippen molar-refractivity contribution in [3.8, 4) is 0 Å². The topological polar surface area (TPSA) is 110 Å². The number of carbonyl (C=O) groups is 1. The summed E-state index contributed by atoms with van der Waals surface area (Å²) in [6.07, 6.45) is 3.32. The summed E-state index contributed by atoms with van der Waals surface area (Å²) in [6.45, 7) is 0.291. The van der Waals surface area contributed by atoms with E-state index in [1.165, 1.54) is 24.3 Å². The number of rotatable bonds is 5. The van der Waals surface area contributed by atoms with Gasteiger partial charge in [-0.25, -0.2) is 16.8 Å². The first-order valence-corrected chi connectivity index (χ1v) is 11.4. The molecule has 1 saturated heterocycles. The number of hydrogen-bond acceptors (Lipinski definition) is 6. The van der Waals surface area contributed by atoms with E-state index in [4.69, 9.17) is 0 Å². The zero-order valence-corrected chi connectivity index (χ0v) is 15.5. The molecule has 0 radical (unpaired) electrons. The fourth-order valence-corrected chi connectivity index (χ4v) is 7.20. The summed E-state index contributed by atoms with van der Waals surface area (Å²) >= 11 is 0. The Morgan fingerprint density at radius 1 is 1.19 bits per heavy atom. The van der Waals surface area contributed by atoms with E-state index in [0.29, 0.717) is 6.54 Å². The molecule has 0 bridgehead atoms. The van der Waals surface area contributed by atoms with Gasteiger partial charge in [-0.2, -0.15) is 0 Å². The smallest absolute Gasteiger partial charge is 0.251 e. The van der Waals surface area contributed by atoms with Crippen molar-refractivity contribution in [3.63, 3.8) is 0 Å². The molecule has 3 rings (SSSR count). The van der Waals surface area contributed by atoms with Crippen LogP contribution >= 0.6 is 0 Å². The highest BCUT2D eigenvalue weighted by Crippen LogP contribution is 2.25. The van der Waals surface area contributed by atoms with Gasteiger partial charge in [0, 0.05) is 24.5 Å². The lowest BCUT2D eigenvalue weighted by Gasteiger charge is -2.11. The second kappa shape index (κ2) is 7.16. The van der Waals surface area contributed by atoms with Gasteiger partial charge < -0.3 is 5.32 Å². The van der Waals surface area contributed by atoms with Crippen LogP contribution in [0, 0.1) is 0 Å². The van der Waals surface area contributed by atoms with Gasteiger partial charge in [0.15, 0.2) is 19.7 Å². The molecule has 0 spiro atoms. The third-order valence-electron chi connectivity index (χ3n) is 4.26. The Morgan fingerprint density at radius 2 is 1.92 bits per heavy atom. The van der Waals surface area contributed by atoms with Gasteiger partial charge in [0.25, 0.3) is 5.91 Å². The van der Waals surface area contributed by atoms with Crippen LogP contribution in [0.2, 0.25) is 0 Å². The Labute approximate surface area is 152 Å². The van der Waals surface area contributed by atoms with Crippen molar-refractivity contribution < 1.29 is 21.6 Å². The van der Waals surface area contributed by atoms with Crippen molar-refractivity contribution in [3.05, 3.63) is 59.9 Å². The van der Waals surface area contributed by atoms with Gasteiger partial charge in [0.2, 0.25) is 0 Å². The number of nitrogens with one attached hydrogen (secondary N) is 1. The molecule has 7 nitrogen and oxygen atoms in total. The molecule has 0 aliphatic carbocycles. The van der Waals surface area contributed by atoms with Gasteiger partial charge in [-0.3, -0.25) is 9.78 Å². The maximum atomic E-state index is 12.7. The SMILES string of the molecule is O=C(NCc1ccncc1)c1cccc(S(=O)(=O)C2CCS(=O)(=O)C2)c1. The second-order valence-corrected chi connectivity index (χ2v) is 10.6. The number of sulfone groups is 2. The molecule has 1 aliphatic rings. The highest BCUT2D eigenvalue weighted by molar-refractivity contribution is 7.96. The highest BCUT2D eigenvalue weighted by Gasteiger charge is 2.38. The molecule has 2 aromatic rings. The number of benzene rings is 1. The van der Waals surface area contributed by atoms with E-state index in [9.17, 15) is 21.6 Å². The van der Waals surface area contributed by atoms with Crippen LogP contribution in [-0.4, -0.2) is 44.5 Å². The van der Waals surface area contributed by atoms with Crippen molar-refractivity contribution in [1.29, 1.82) is 0 Å². The summed E-state index contributed by atoms with van der Waals surface area (Å²) in [6, 6.07) is 9.22. The summed E-state index contributed by atoms with van der Waals surface area (Å²) < 4.78 is 48.5.